The number of hydrogen-bond donors (Lipinski definition) is 2. The van der Waals surface area contributed by atoms with E-state index in [4.69, 9.17) is 5.73 Å². The lowest BCUT2D eigenvalue weighted by molar-refractivity contribution is 0.638. The van der Waals surface area contributed by atoms with E-state index in [1.165, 1.54) is 11.2 Å². The zero-order valence-electron chi connectivity index (χ0n) is 8.96. The van der Waals surface area contributed by atoms with Gasteiger partial charge in [0.2, 0.25) is 0 Å². The van der Waals surface area contributed by atoms with Crippen LogP contribution < -0.4 is 5.73 Å². The number of hydrogen-bond acceptors (Lipinski definition) is 5. The van der Waals surface area contributed by atoms with Crippen molar-refractivity contribution in [1.29, 1.82) is 0 Å². The van der Waals surface area contributed by atoms with Gasteiger partial charge in [0, 0.05) is 10.9 Å². The Labute approximate surface area is 103 Å². The summed E-state index contributed by atoms with van der Waals surface area (Å²) in [6.07, 6.45) is 2.47. The Bertz CT molecular complexity index is 398. The molecule has 2 aromatic heterocycles. The molecule has 0 aliphatic rings. The molecule has 0 saturated carbocycles. The van der Waals surface area contributed by atoms with E-state index in [1.54, 1.807) is 23.1 Å². The Hall–Kier alpha value is -0.850. The molecule has 0 spiro atoms. The maximum atomic E-state index is 6.15. The van der Waals surface area contributed by atoms with Crippen LogP contribution in [0.5, 0.6) is 0 Å². The fourth-order valence-electron chi connectivity index (χ4n) is 1.40. The molecule has 0 amide bonds. The van der Waals surface area contributed by atoms with E-state index in [0.717, 1.165) is 11.6 Å². The molecular formula is C10H14N4S2. The van der Waals surface area contributed by atoms with Crippen molar-refractivity contribution in [3.05, 3.63) is 28.7 Å². The molecule has 2 atom stereocenters. The number of thioether (sulfide) groups is 1. The lowest BCUT2D eigenvalue weighted by Gasteiger charge is -2.19. The van der Waals surface area contributed by atoms with Crippen LogP contribution in [0, 0.1) is 0 Å². The molecule has 86 valence electrons. The molecule has 0 aliphatic heterocycles. The molecule has 4 nitrogen and oxygen atoms in total. The van der Waals surface area contributed by atoms with Crippen molar-refractivity contribution >= 4 is 23.1 Å². The SMILES string of the molecule is CCC(N)C(Sc1ncn[nH]1)c1cccs1. The van der Waals surface area contributed by atoms with Gasteiger partial charge in [0.05, 0.1) is 5.25 Å². The first-order chi connectivity index (χ1) is 7.81. The predicted octanol–water partition coefficient (Wildman–Crippen LogP) is 2.44. The van der Waals surface area contributed by atoms with Crippen LogP contribution in [0.3, 0.4) is 0 Å². The normalized spacial score (nSPS) is 14.9. The smallest absolute Gasteiger partial charge is 0.184 e. The number of aromatic nitrogens is 3. The van der Waals surface area contributed by atoms with E-state index >= 15 is 0 Å². The Balaban J connectivity index is 2.15. The van der Waals surface area contributed by atoms with Gasteiger partial charge in [-0.15, -0.1) is 11.3 Å². The average Bonchev–Trinajstić information content (AvgIpc) is 2.97. The van der Waals surface area contributed by atoms with Crippen molar-refractivity contribution in [3.8, 4) is 0 Å². The topological polar surface area (TPSA) is 67.6 Å². The maximum absolute atomic E-state index is 6.15. The van der Waals surface area contributed by atoms with Gasteiger partial charge in [-0.2, -0.15) is 5.10 Å². The summed E-state index contributed by atoms with van der Waals surface area (Å²) in [5, 5.41) is 9.85. The third-order valence-corrected chi connectivity index (χ3v) is 4.70. The Morgan fingerprint density at radius 2 is 2.50 bits per heavy atom. The van der Waals surface area contributed by atoms with Crippen molar-refractivity contribution in [2.45, 2.75) is 29.8 Å². The Morgan fingerprint density at radius 3 is 3.06 bits per heavy atom. The van der Waals surface area contributed by atoms with Crippen LogP contribution in [-0.2, 0) is 0 Å². The number of aromatic amines is 1. The van der Waals surface area contributed by atoms with Crippen LogP contribution in [0.2, 0.25) is 0 Å². The first-order valence-electron chi connectivity index (χ1n) is 5.12. The Kier molecular flexibility index (Phi) is 3.98. The van der Waals surface area contributed by atoms with Crippen molar-refractivity contribution in [3.63, 3.8) is 0 Å². The van der Waals surface area contributed by atoms with Crippen LogP contribution in [0.1, 0.15) is 23.5 Å². The van der Waals surface area contributed by atoms with Crippen LogP contribution in [0.25, 0.3) is 0 Å². The molecule has 16 heavy (non-hydrogen) atoms. The van der Waals surface area contributed by atoms with E-state index in [2.05, 4.69) is 39.6 Å². The van der Waals surface area contributed by atoms with Crippen LogP contribution in [0.15, 0.2) is 29.0 Å². The third-order valence-electron chi connectivity index (χ3n) is 2.32. The summed E-state index contributed by atoms with van der Waals surface area (Å²) in [6, 6.07) is 4.30. The van der Waals surface area contributed by atoms with Crippen molar-refractivity contribution in [2.75, 3.05) is 0 Å². The van der Waals surface area contributed by atoms with Gasteiger partial charge in [0.25, 0.3) is 0 Å². The fourth-order valence-corrected chi connectivity index (χ4v) is 3.50. The number of thiophene rings is 1. The molecule has 2 unspecified atom stereocenters. The van der Waals surface area contributed by atoms with Crippen LogP contribution >= 0.6 is 23.1 Å². The first kappa shape index (κ1) is 11.6. The zero-order valence-corrected chi connectivity index (χ0v) is 10.6. The minimum atomic E-state index is 0.133. The summed E-state index contributed by atoms with van der Waals surface area (Å²) < 4.78 is 0. The molecule has 0 radical (unpaired) electrons. The molecule has 0 fully saturated rings. The van der Waals surface area contributed by atoms with Gasteiger partial charge < -0.3 is 5.73 Å². The zero-order chi connectivity index (χ0) is 11.4. The highest BCUT2D eigenvalue weighted by atomic mass is 32.2. The maximum Gasteiger partial charge on any atom is 0.184 e. The van der Waals surface area contributed by atoms with Gasteiger partial charge in [-0.25, -0.2) is 4.98 Å². The van der Waals surface area contributed by atoms with Gasteiger partial charge in [0.1, 0.15) is 6.33 Å². The molecule has 0 saturated heterocycles. The summed E-state index contributed by atoms with van der Waals surface area (Å²) in [7, 11) is 0. The van der Waals surface area contributed by atoms with Crippen molar-refractivity contribution < 1.29 is 0 Å². The molecular weight excluding hydrogens is 240 g/mol. The van der Waals surface area contributed by atoms with E-state index < -0.39 is 0 Å². The molecule has 2 heterocycles. The number of H-pyrrole nitrogens is 1. The predicted molar refractivity (Wildman–Crippen MR) is 67.6 cm³/mol. The number of nitrogens with zero attached hydrogens (tertiary/aromatic N) is 2. The van der Waals surface area contributed by atoms with Crippen molar-refractivity contribution in [2.24, 2.45) is 5.73 Å². The number of nitrogens with one attached hydrogen (secondary N) is 1. The van der Waals surface area contributed by atoms with Gasteiger partial charge in [0.15, 0.2) is 5.16 Å². The van der Waals surface area contributed by atoms with Crippen molar-refractivity contribution in [1.82, 2.24) is 15.2 Å². The highest BCUT2D eigenvalue weighted by molar-refractivity contribution is 7.99. The van der Waals surface area contributed by atoms with E-state index in [0.29, 0.717) is 0 Å². The minimum absolute atomic E-state index is 0.133. The molecule has 2 aromatic rings. The third kappa shape index (κ3) is 2.63. The second kappa shape index (κ2) is 5.47. The molecule has 6 heteroatoms. The lowest BCUT2D eigenvalue weighted by Crippen LogP contribution is -2.25. The largest absolute Gasteiger partial charge is 0.326 e. The molecule has 3 N–H and O–H groups in total. The molecule has 0 aliphatic carbocycles. The second-order valence-electron chi connectivity index (χ2n) is 3.42. The summed E-state index contributed by atoms with van der Waals surface area (Å²) in [5.74, 6) is 0. The number of nitrogens with two attached hydrogens (primary N) is 1. The average molecular weight is 254 g/mol. The fraction of sp³-hybridized carbons (Fsp3) is 0.400. The number of rotatable bonds is 5. The summed E-state index contributed by atoms with van der Waals surface area (Å²) in [5.41, 5.74) is 6.15. The van der Waals surface area contributed by atoms with Gasteiger partial charge in [-0.05, 0) is 17.9 Å². The summed E-state index contributed by atoms with van der Waals surface area (Å²) >= 11 is 3.38. The second-order valence-corrected chi connectivity index (χ2v) is 5.53. The molecule has 2 rings (SSSR count). The standard InChI is InChI=1S/C10H14N4S2/c1-2-7(11)9(8-4-3-5-15-8)16-10-12-6-13-14-10/h3-7,9H,2,11H2,1H3,(H,12,13,14). The van der Waals surface area contributed by atoms with E-state index in [1.807, 2.05) is 0 Å². The highest BCUT2D eigenvalue weighted by Crippen LogP contribution is 2.38. The minimum Gasteiger partial charge on any atom is -0.326 e. The van der Waals surface area contributed by atoms with Crippen LogP contribution in [-0.4, -0.2) is 21.2 Å². The lowest BCUT2D eigenvalue weighted by atomic mass is 10.1. The summed E-state index contributed by atoms with van der Waals surface area (Å²) in [4.78, 5) is 5.42. The summed E-state index contributed by atoms with van der Waals surface area (Å²) in [6.45, 7) is 2.10. The molecule has 0 bridgehead atoms. The first-order valence-corrected chi connectivity index (χ1v) is 6.88. The Morgan fingerprint density at radius 1 is 1.62 bits per heavy atom. The van der Waals surface area contributed by atoms with E-state index in [9.17, 15) is 0 Å². The van der Waals surface area contributed by atoms with Gasteiger partial charge >= 0.3 is 0 Å². The highest BCUT2D eigenvalue weighted by Gasteiger charge is 2.21. The quantitative estimate of drug-likeness (QED) is 0.804. The van der Waals surface area contributed by atoms with Crippen LogP contribution in [0.4, 0.5) is 0 Å². The molecule has 0 aromatic carbocycles. The van der Waals surface area contributed by atoms with Gasteiger partial charge in [-0.1, -0.05) is 24.8 Å². The van der Waals surface area contributed by atoms with E-state index in [-0.39, 0.29) is 11.3 Å². The van der Waals surface area contributed by atoms with Gasteiger partial charge in [-0.3, -0.25) is 5.10 Å². The monoisotopic (exact) mass is 254 g/mol.